The van der Waals surface area contributed by atoms with Crippen LogP contribution in [0.5, 0.6) is 0 Å². The van der Waals surface area contributed by atoms with Crippen molar-refractivity contribution in [2.24, 2.45) is 0 Å². The van der Waals surface area contributed by atoms with Crippen molar-refractivity contribution >= 4 is 21.4 Å². The van der Waals surface area contributed by atoms with Crippen molar-refractivity contribution in [2.75, 3.05) is 24.7 Å². The number of benzene rings is 2. The van der Waals surface area contributed by atoms with Gasteiger partial charge in [-0.1, -0.05) is 30.3 Å². The van der Waals surface area contributed by atoms with Crippen LogP contribution in [0.3, 0.4) is 0 Å². The molecule has 0 saturated carbocycles. The lowest BCUT2D eigenvalue weighted by Gasteiger charge is -2.13. The highest BCUT2D eigenvalue weighted by Crippen LogP contribution is 2.13. The van der Waals surface area contributed by atoms with Crippen LogP contribution in [0.1, 0.15) is 12.0 Å². The predicted molar refractivity (Wildman–Crippen MR) is 95.7 cm³/mol. The van der Waals surface area contributed by atoms with Crippen LogP contribution in [0.4, 0.5) is 5.69 Å². The molecule has 0 unspecified atom stereocenters. The molecule has 0 bridgehead atoms. The smallest absolute Gasteiger partial charge is 0.221 e. The van der Waals surface area contributed by atoms with Crippen molar-refractivity contribution in [1.82, 2.24) is 5.32 Å². The van der Waals surface area contributed by atoms with E-state index in [1.54, 1.807) is 30.3 Å². The topological polar surface area (TPSA) is 66.5 Å². The fourth-order valence-electron chi connectivity index (χ4n) is 2.17. The molecule has 0 aliphatic heterocycles. The van der Waals surface area contributed by atoms with E-state index in [9.17, 15) is 13.2 Å². The summed E-state index contributed by atoms with van der Waals surface area (Å²) in [5.41, 5.74) is 2.05. The van der Waals surface area contributed by atoms with Crippen LogP contribution >= 0.6 is 0 Å². The van der Waals surface area contributed by atoms with Crippen molar-refractivity contribution in [3.8, 4) is 0 Å². The number of amides is 1. The van der Waals surface area contributed by atoms with Gasteiger partial charge in [0.15, 0.2) is 9.84 Å². The van der Waals surface area contributed by atoms with Gasteiger partial charge in [0.05, 0.1) is 10.6 Å². The Kier molecular flexibility index (Phi) is 5.98. The number of carbonyl (C=O) groups excluding carboxylic acids is 1. The molecule has 0 heterocycles. The molecule has 1 N–H and O–H groups in total. The summed E-state index contributed by atoms with van der Waals surface area (Å²) in [5.74, 6) is -0.464. The zero-order valence-electron chi connectivity index (χ0n) is 13.9. The molecule has 0 saturated heterocycles. The van der Waals surface area contributed by atoms with Gasteiger partial charge in [-0.15, -0.1) is 0 Å². The van der Waals surface area contributed by atoms with Gasteiger partial charge in [0, 0.05) is 32.7 Å². The van der Waals surface area contributed by atoms with Crippen LogP contribution < -0.4 is 10.2 Å². The molecule has 0 fully saturated rings. The van der Waals surface area contributed by atoms with Crippen molar-refractivity contribution in [3.63, 3.8) is 0 Å². The Balaban J connectivity index is 1.83. The first-order valence-corrected chi connectivity index (χ1v) is 9.34. The second kappa shape index (κ2) is 7.97. The second-order valence-electron chi connectivity index (χ2n) is 5.72. The van der Waals surface area contributed by atoms with Crippen molar-refractivity contribution in [3.05, 3.63) is 60.2 Å². The fraction of sp³-hybridized carbons (Fsp3) is 0.278. The number of nitrogens with zero attached hydrogens (tertiary/aromatic N) is 1. The van der Waals surface area contributed by atoms with Crippen LogP contribution in [0.25, 0.3) is 0 Å². The van der Waals surface area contributed by atoms with Crippen LogP contribution in [0, 0.1) is 0 Å². The van der Waals surface area contributed by atoms with Gasteiger partial charge in [0.2, 0.25) is 5.91 Å². The quantitative estimate of drug-likeness (QED) is 0.835. The Bertz CT molecular complexity index is 770. The average molecular weight is 346 g/mol. The Morgan fingerprint density at radius 2 is 1.62 bits per heavy atom. The molecule has 2 aromatic rings. The highest BCUT2D eigenvalue weighted by molar-refractivity contribution is 7.91. The highest BCUT2D eigenvalue weighted by Gasteiger charge is 2.15. The number of nitrogens with one attached hydrogen (secondary N) is 1. The molecule has 0 aliphatic rings. The summed E-state index contributed by atoms with van der Waals surface area (Å²) in [6, 6.07) is 16.0. The molecule has 2 aromatic carbocycles. The molecule has 128 valence electrons. The van der Waals surface area contributed by atoms with E-state index >= 15 is 0 Å². The number of sulfone groups is 1. The van der Waals surface area contributed by atoms with Gasteiger partial charge in [0.1, 0.15) is 0 Å². The molecule has 1 amide bonds. The highest BCUT2D eigenvalue weighted by atomic mass is 32.2. The summed E-state index contributed by atoms with van der Waals surface area (Å²) >= 11 is 0. The van der Waals surface area contributed by atoms with Gasteiger partial charge in [-0.05, 0) is 29.8 Å². The Morgan fingerprint density at radius 3 is 2.21 bits per heavy atom. The Labute approximate surface area is 143 Å². The number of rotatable bonds is 7. The molecule has 0 aromatic heterocycles. The van der Waals surface area contributed by atoms with Gasteiger partial charge in [0.25, 0.3) is 0 Å². The molecule has 0 radical (unpaired) electrons. The normalized spacial score (nSPS) is 11.1. The predicted octanol–water partition coefficient (Wildman–Crippen LogP) is 2.23. The molecule has 5 nitrogen and oxygen atoms in total. The van der Waals surface area contributed by atoms with Gasteiger partial charge >= 0.3 is 0 Å². The van der Waals surface area contributed by atoms with Crippen molar-refractivity contribution in [1.29, 1.82) is 0 Å². The molecular weight excluding hydrogens is 324 g/mol. The first-order chi connectivity index (χ1) is 11.4. The third-order valence-corrected chi connectivity index (χ3v) is 5.37. The summed E-state index contributed by atoms with van der Waals surface area (Å²) in [5, 5.41) is 2.75. The minimum Gasteiger partial charge on any atom is -0.378 e. The van der Waals surface area contributed by atoms with Crippen LogP contribution in [-0.2, 0) is 21.2 Å². The molecule has 0 spiro atoms. The summed E-state index contributed by atoms with van der Waals surface area (Å²) in [7, 11) is 0.505. The minimum atomic E-state index is -3.42. The first-order valence-electron chi connectivity index (χ1n) is 7.69. The SMILES string of the molecule is CN(C)c1ccc(CNC(=O)CCS(=O)(=O)c2ccccc2)cc1. The molecule has 0 aliphatic carbocycles. The van der Waals surface area contributed by atoms with Gasteiger partial charge in [-0.2, -0.15) is 0 Å². The van der Waals surface area contributed by atoms with E-state index in [1.165, 1.54) is 0 Å². The van der Waals surface area contributed by atoms with E-state index in [1.807, 2.05) is 43.3 Å². The maximum Gasteiger partial charge on any atom is 0.221 e. The van der Waals surface area contributed by atoms with Crippen LogP contribution in [0.2, 0.25) is 0 Å². The lowest BCUT2D eigenvalue weighted by Crippen LogP contribution is -2.25. The summed E-state index contributed by atoms with van der Waals surface area (Å²) in [4.78, 5) is 14.1. The van der Waals surface area contributed by atoms with E-state index in [0.29, 0.717) is 6.54 Å². The first kappa shape index (κ1) is 18.0. The average Bonchev–Trinajstić information content (AvgIpc) is 2.59. The standard InChI is InChI=1S/C18H22N2O3S/c1-20(2)16-10-8-15(9-11-16)14-19-18(21)12-13-24(22,23)17-6-4-3-5-7-17/h3-11H,12-14H2,1-2H3,(H,19,21). The minimum absolute atomic E-state index is 0.0486. The molecule has 24 heavy (non-hydrogen) atoms. The summed E-state index contributed by atoms with van der Waals surface area (Å²) in [6.07, 6.45) is -0.0486. The zero-order valence-corrected chi connectivity index (χ0v) is 14.7. The van der Waals surface area contributed by atoms with E-state index in [4.69, 9.17) is 0 Å². The Morgan fingerprint density at radius 1 is 1.00 bits per heavy atom. The Hall–Kier alpha value is -2.34. The van der Waals surface area contributed by atoms with Gasteiger partial charge in [-0.25, -0.2) is 8.42 Å². The van der Waals surface area contributed by atoms with Crippen LogP contribution in [-0.4, -0.2) is 34.2 Å². The zero-order chi connectivity index (χ0) is 17.6. The van der Waals surface area contributed by atoms with Gasteiger partial charge in [-0.3, -0.25) is 4.79 Å². The number of hydrogen-bond acceptors (Lipinski definition) is 4. The van der Waals surface area contributed by atoms with E-state index in [2.05, 4.69) is 5.32 Å². The fourth-order valence-corrected chi connectivity index (χ4v) is 3.44. The van der Waals surface area contributed by atoms with Gasteiger partial charge < -0.3 is 10.2 Å². The number of anilines is 1. The third kappa shape index (κ3) is 5.09. The van der Waals surface area contributed by atoms with E-state index in [-0.39, 0.29) is 23.0 Å². The third-order valence-electron chi connectivity index (χ3n) is 3.64. The lowest BCUT2D eigenvalue weighted by atomic mass is 10.2. The van der Waals surface area contributed by atoms with E-state index in [0.717, 1.165) is 11.3 Å². The number of carbonyl (C=O) groups is 1. The molecular formula is C18H22N2O3S. The molecule has 2 rings (SSSR count). The molecule has 0 atom stereocenters. The van der Waals surface area contributed by atoms with Crippen molar-refractivity contribution in [2.45, 2.75) is 17.9 Å². The monoisotopic (exact) mass is 346 g/mol. The molecule has 6 heteroatoms. The lowest BCUT2D eigenvalue weighted by molar-refractivity contribution is -0.120. The summed E-state index contributed by atoms with van der Waals surface area (Å²) in [6.45, 7) is 0.387. The second-order valence-corrected chi connectivity index (χ2v) is 7.83. The largest absolute Gasteiger partial charge is 0.378 e. The number of hydrogen-bond donors (Lipinski definition) is 1. The van der Waals surface area contributed by atoms with Crippen molar-refractivity contribution < 1.29 is 13.2 Å². The maximum absolute atomic E-state index is 12.1. The van der Waals surface area contributed by atoms with Crippen LogP contribution in [0.15, 0.2) is 59.5 Å². The summed E-state index contributed by atoms with van der Waals surface area (Å²) < 4.78 is 24.3. The van der Waals surface area contributed by atoms with E-state index < -0.39 is 9.84 Å². The maximum atomic E-state index is 12.1.